The van der Waals surface area contributed by atoms with Crippen molar-refractivity contribution in [1.82, 2.24) is 0 Å². The van der Waals surface area contributed by atoms with Gasteiger partial charge in [-0.3, -0.25) is 0 Å². The van der Waals surface area contributed by atoms with Gasteiger partial charge in [-0.15, -0.1) is 9.69 Å². The van der Waals surface area contributed by atoms with E-state index in [1.807, 2.05) is 25.2 Å². The average molecular weight is 315 g/mol. The van der Waals surface area contributed by atoms with E-state index in [4.69, 9.17) is 0 Å². The Balaban J connectivity index is 1.83. The second-order valence-corrected chi connectivity index (χ2v) is 5.62. The van der Waals surface area contributed by atoms with E-state index in [2.05, 4.69) is 99.1 Å². The standard InChI is InChI=1S/C20H19N4/c1-21-17-22(18-11-5-2-6-12-18)24(20-15-9-4-10-16-20)23(21)19-13-7-3-8-14-19/h2-17H,1H3/q+1. The fourth-order valence-electron chi connectivity index (χ4n) is 2.89. The van der Waals surface area contributed by atoms with Crippen molar-refractivity contribution in [2.24, 2.45) is 0 Å². The lowest BCUT2D eigenvalue weighted by molar-refractivity contribution is -0.500. The van der Waals surface area contributed by atoms with E-state index >= 15 is 0 Å². The maximum atomic E-state index is 2.16. The first-order valence-electron chi connectivity index (χ1n) is 7.97. The number of hydrazine groups is 3. The van der Waals surface area contributed by atoms with Crippen LogP contribution in [-0.2, 0) is 0 Å². The van der Waals surface area contributed by atoms with Gasteiger partial charge in [0.1, 0.15) is 18.4 Å². The Morgan fingerprint density at radius 1 is 0.583 bits per heavy atom. The van der Waals surface area contributed by atoms with Gasteiger partial charge in [0.2, 0.25) is 0 Å². The predicted molar refractivity (Wildman–Crippen MR) is 99.0 cm³/mol. The van der Waals surface area contributed by atoms with Gasteiger partial charge in [-0.25, -0.2) is 0 Å². The number of rotatable bonds is 3. The minimum Gasteiger partial charge on any atom is -0.141 e. The maximum Gasteiger partial charge on any atom is 0.290 e. The molecular formula is C20H19N4+. The van der Waals surface area contributed by atoms with Gasteiger partial charge >= 0.3 is 0 Å². The molecule has 0 spiro atoms. The predicted octanol–water partition coefficient (Wildman–Crippen LogP) is 3.94. The normalized spacial score (nSPS) is 14.0. The van der Waals surface area contributed by atoms with Gasteiger partial charge in [0.15, 0.2) is 5.69 Å². The molecule has 0 saturated carbocycles. The van der Waals surface area contributed by atoms with Crippen LogP contribution in [0.3, 0.4) is 0 Å². The molecule has 0 fully saturated rings. The third-order valence-corrected chi connectivity index (χ3v) is 3.95. The summed E-state index contributed by atoms with van der Waals surface area (Å²) in [5.41, 5.74) is 3.29. The van der Waals surface area contributed by atoms with Crippen LogP contribution in [0.4, 0.5) is 17.1 Å². The molecule has 4 heteroatoms. The van der Waals surface area contributed by atoms with E-state index in [0.29, 0.717) is 0 Å². The summed E-state index contributed by atoms with van der Waals surface area (Å²) in [6.45, 7) is 0. The van der Waals surface area contributed by atoms with Crippen molar-refractivity contribution < 1.29 is 4.68 Å². The number of hydrogen-bond donors (Lipinski definition) is 0. The second-order valence-electron chi connectivity index (χ2n) is 5.62. The molecule has 1 aliphatic rings. The van der Waals surface area contributed by atoms with Crippen molar-refractivity contribution in [2.75, 3.05) is 22.3 Å². The van der Waals surface area contributed by atoms with Crippen molar-refractivity contribution in [3.63, 3.8) is 0 Å². The highest BCUT2D eigenvalue weighted by Crippen LogP contribution is 2.29. The monoisotopic (exact) mass is 315 g/mol. The highest BCUT2D eigenvalue weighted by molar-refractivity contribution is 5.84. The van der Waals surface area contributed by atoms with Gasteiger partial charge in [-0.2, -0.15) is 0 Å². The smallest absolute Gasteiger partial charge is 0.141 e. The lowest BCUT2D eigenvalue weighted by Crippen LogP contribution is -2.49. The van der Waals surface area contributed by atoms with Crippen LogP contribution in [-0.4, -0.2) is 18.1 Å². The van der Waals surface area contributed by atoms with Gasteiger partial charge in [0, 0.05) is 0 Å². The summed E-state index contributed by atoms with van der Waals surface area (Å²) in [4.78, 5) is 0. The number of benzene rings is 3. The summed E-state index contributed by atoms with van der Waals surface area (Å²) >= 11 is 0. The highest BCUT2D eigenvalue weighted by atomic mass is 16.0. The fraction of sp³-hybridized carbons (Fsp3) is 0.0500. The molecule has 3 aromatic carbocycles. The molecule has 4 nitrogen and oxygen atoms in total. The molecule has 118 valence electrons. The molecule has 0 saturated heterocycles. The molecule has 4 rings (SSSR count). The van der Waals surface area contributed by atoms with Crippen LogP contribution >= 0.6 is 0 Å². The van der Waals surface area contributed by atoms with Crippen LogP contribution < -0.4 is 15.2 Å². The van der Waals surface area contributed by atoms with Crippen LogP contribution in [0.1, 0.15) is 0 Å². The van der Waals surface area contributed by atoms with Crippen LogP contribution in [0.15, 0.2) is 91.0 Å². The molecule has 0 radical (unpaired) electrons. The van der Waals surface area contributed by atoms with E-state index < -0.39 is 0 Å². The minimum absolute atomic E-state index is 1.09. The Morgan fingerprint density at radius 3 is 1.58 bits per heavy atom. The summed E-state index contributed by atoms with van der Waals surface area (Å²) in [6, 6.07) is 31.1. The molecule has 0 atom stereocenters. The van der Waals surface area contributed by atoms with Gasteiger partial charge in [0.05, 0.1) is 0 Å². The summed E-state index contributed by atoms with van der Waals surface area (Å²) in [5.74, 6) is 0. The summed E-state index contributed by atoms with van der Waals surface area (Å²) < 4.78 is 2.08. The molecule has 0 aromatic heterocycles. The van der Waals surface area contributed by atoms with Gasteiger partial charge in [0.25, 0.3) is 6.34 Å². The molecule has 0 aliphatic carbocycles. The molecule has 24 heavy (non-hydrogen) atoms. The first-order valence-corrected chi connectivity index (χ1v) is 7.97. The van der Waals surface area contributed by atoms with Crippen LogP contribution in [0.25, 0.3) is 0 Å². The Bertz CT molecular complexity index is 831. The molecule has 3 aromatic rings. The average Bonchev–Trinajstić information content (AvgIpc) is 3.01. The molecular weight excluding hydrogens is 296 g/mol. The Kier molecular flexibility index (Phi) is 3.63. The number of nitrogens with zero attached hydrogens (tertiary/aromatic N) is 4. The fourth-order valence-corrected chi connectivity index (χ4v) is 2.89. The topological polar surface area (TPSA) is 12.7 Å². The van der Waals surface area contributed by atoms with Gasteiger partial charge in [-0.05, 0) is 36.4 Å². The number of hydrogen-bond acceptors (Lipinski definition) is 3. The third kappa shape index (κ3) is 2.48. The Morgan fingerprint density at radius 2 is 1.04 bits per heavy atom. The lowest BCUT2D eigenvalue weighted by Gasteiger charge is -2.29. The largest absolute Gasteiger partial charge is 0.290 e. The van der Waals surface area contributed by atoms with Crippen molar-refractivity contribution in [3.8, 4) is 0 Å². The summed E-state index contributed by atoms with van der Waals surface area (Å²) in [6.07, 6.45) is 2.08. The molecule has 1 aliphatic heterocycles. The van der Waals surface area contributed by atoms with Crippen molar-refractivity contribution in [2.45, 2.75) is 0 Å². The zero-order chi connectivity index (χ0) is 16.4. The van der Waals surface area contributed by atoms with E-state index in [9.17, 15) is 0 Å². The van der Waals surface area contributed by atoms with E-state index in [0.717, 1.165) is 17.1 Å². The van der Waals surface area contributed by atoms with Gasteiger partial charge < -0.3 is 0 Å². The van der Waals surface area contributed by atoms with Crippen LogP contribution in [0, 0.1) is 0 Å². The third-order valence-electron chi connectivity index (χ3n) is 3.95. The Labute approximate surface area is 142 Å². The molecule has 0 bridgehead atoms. The molecule has 1 heterocycles. The first-order chi connectivity index (χ1) is 11.8. The first kappa shape index (κ1) is 14.3. The number of anilines is 3. The summed E-state index contributed by atoms with van der Waals surface area (Å²) in [7, 11) is 2.05. The quantitative estimate of drug-likeness (QED) is 0.680. The van der Waals surface area contributed by atoms with E-state index in [1.54, 1.807) is 0 Å². The SMILES string of the molecule is C[N+]1=CN(c2ccccc2)N(c2ccccc2)N1c1ccccc1. The van der Waals surface area contributed by atoms with E-state index in [1.165, 1.54) is 0 Å². The maximum absolute atomic E-state index is 2.16. The number of hydrazone groups is 1. The molecule has 0 amide bonds. The van der Waals surface area contributed by atoms with Crippen molar-refractivity contribution >= 4 is 23.4 Å². The second kappa shape index (κ2) is 6.08. The lowest BCUT2D eigenvalue weighted by atomic mass is 10.3. The molecule has 0 unspecified atom stereocenters. The minimum atomic E-state index is 1.09. The Hall–Kier alpha value is -3.27. The van der Waals surface area contributed by atoms with Gasteiger partial charge in [-0.1, -0.05) is 64.8 Å². The van der Waals surface area contributed by atoms with Crippen molar-refractivity contribution in [3.05, 3.63) is 91.0 Å². The van der Waals surface area contributed by atoms with Crippen LogP contribution in [0.5, 0.6) is 0 Å². The highest BCUT2D eigenvalue weighted by Gasteiger charge is 2.38. The molecule has 0 N–H and O–H groups in total. The van der Waals surface area contributed by atoms with E-state index in [-0.39, 0.29) is 0 Å². The van der Waals surface area contributed by atoms with Crippen molar-refractivity contribution in [1.29, 1.82) is 0 Å². The zero-order valence-electron chi connectivity index (χ0n) is 13.5. The summed E-state index contributed by atoms with van der Waals surface area (Å²) in [5, 5.41) is 6.44. The van der Waals surface area contributed by atoms with Crippen LogP contribution in [0.2, 0.25) is 0 Å². The number of para-hydroxylation sites is 3. The zero-order valence-corrected chi connectivity index (χ0v) is 13.5.